The molecule has 0 bridgehead atoms. The zero-order valence-corrected chi connectivity index (χ0v) is 10.1. The highest BCUT2D eigenvalue weighted by Crippen LogP contribution is 2.30. The van der Waals surface area contributed by atoms with Gasteiger partial charge < -0.3 is 9.84 Å². The lowest BCUT2D eigenvalue weighted by Crippen LogP contribution is -2.46. The van der Waals surface area contributed by atoms with Crippen LogP contribution < -0.4 is 0 Å². The molecule has 0 unspecified atom stereocenters. The minimum atomic E-state index is -1.32. The fourth-order valence-electron chi connectivity index (χ4n) is 2.22. The SMILES string of the molecule is C#C[C@]1(O)CCCC[C@H]1OC(=O)c1ccccc1. The molecule has 0 amide bonds. The molecule has 0 aliphatic heterocycles. The van der Waals surface area contributed by atoms with Crippen molar-refractivity contribution in [3.63, 3.8) is 0 Å². The molecule has 0 radical (unpaired) electrons. The zero-order chi connectivity index (χ0) is 13.0. The second-order valence-corrected chi connectivity index (χ2v) is 4.57. The minimum Gasteiger partial charge on any atom is -0.455 e. The lowest BCUT2D eigenvalue weighted by Gasteiger charge is -2.35. The van der Waals surface area contributed by atoms with Gasteiger partial charge in [0.05, 0.1) is 5.56 Å². The lowest BCUT2D eigenvalue weighted by atomic mass is 9.83. The van der Waals surface area contributed by atoms with Gasteiger partial charge in [-0.25, -0.2) is 4.79 Å². The van der Waals surface area contributed by atoms with E-state index in [0.29, 0.717) is 18.4 Å². The van der Waals surface area contributed by atoms with Gasteiger partial charge in [0.25, 0.3) is 0 Å². The Morgan fingerprint density at radius 2 is 2.11 bits per heavy atom. The maximum Gasteiger partial charge on any atom is 0.338 e. The van der Waals surface area contributed by atoms with Gasteiger partial charge in [-0.2, -0.15) is 0 Å². The summed E-state index contributed by atoms with van der Waals surface area (Å²) >= 11 is 0. The van der Waals surface area contributed by atoms with Gasteiger partial charge in [0.15, 0.2) is 5.60 Å². The van der Waals surface area contributed by atoms with Gasteiger partial charge in [0, 0.05) is 0 Å². The topological polar surface area (TPSA) is 46.5 Å². The van der Waals surface area contributed by atoms with E-state index < -0.39 is 17.7 Å². The summed E-state index contributed by atoms with van der Waals surface area (Å²) in [6, 6.07) is 8.73. The molecule has 1 aliphatic carbocycles. The number of terminal acetylenes is 1. The van der Waals surface area contributed by atoms with Gasteiger partial charge in [0.2, 0.25) is 0 Å². The number of hydrogen-bond acceptors (Lipinski definition) is 3. The highest BCUT2D eigenvalue weighted by atomic mass is 16.6. The Balaban J connectivity index is 2.09. The predicted molar refractivity (Wildman–Crippen MR) is 67.9 cm³/mol. The standard InChI is InChI=1S/C15H16O3/c1-2-15(17)11-7-6-10-13(15)18-14(16)12-8-4-3-5-9-12/h1,3-5,8-9,13,17H,6-7,10-11H2/t13-,15+/m1/s1. The molecule has 3 nitrogen and oxygen atoms in total. The summed E-state index contributed by atoms with van der Waals surface area (Å²) in [5, 5.41) is 10.2. The second-order valence-electron chi connectivity index (χ2n) is 4.57. The Morgan fingerprint density at radius 1 is 1.39 bits per heavy atom. The van der Waals surface area contributed by atoms with Crippen molar-refractivity contribution in [1.82, 2.24) is 0 Å². The molecule has 0 saturated heterocycles. The van der Waals surface area contributed by atoms with E-state index >= 15 is 0 Å². The normalized spacial score (nSPS) is 27.2. The Bertz CT molecular complexity index is 460. The molecule has 1 N–H and O–H groups in total. The summed E-state index contributed by atoms with van der Waals surface area (Å²) in [4.78, 5) is 11.9. The Labute approximate surface area is 107 Å². The Hall–Kier alpha value is -1.79. The van der Waals surface area contributed by atoms with E-state index in [-0.39, 0.29) is 0 Å². The van der Waals surface area contributed by atoms with Crippen LogP contribution in [0.25, 0.3) is 0 Å². The van der Waals surface area contributed by atoms with Crippen LogP contribution in [-0.4, -0.2) is 22.8 Å². The number of esters is 1. The van der Waals surface area contributed by atoms with Gasteiger partial charge in [-0.15, -0.1) is 6.42 Å². The van der Waals surface area contributed by atoms with Gasteiger partial charge in [-0.1, -0.05) is 24.1 Å². The average molecular weight is 244 g/mol. The molecule has 94 valence electrons. The molecule has 1 fully saturated rings. The molecule has 1 aromatic carbocycles. The van der Waals surface area contributed by atoms with Gasteiger partial charge in [0.1, 0.15) is 6.10 Å². The van der Waals surface area contributed by atoms with Crippen LogP contribution >= 0.6 is 0 Å². The van der Waals surface area contributed by atoms with E-state index in [1.54, 1.807) is 24.3 Å². The van der Waals surface area contributed by atoms with Gasteiger partial charge in [-0.3, -0.25) is 0 Å². The van der Waals surface area contributed by atoms with Crippen LogP contribution in [0.2, 0.25) is 0 Å². The third kappa shape index (κ3) is 2.55. The first-order valence-corrected chi connectivity index (χ1v) is 6.12. The monoisotopic (exact) mass is 244 g/mol. The minimum absolute atomic E-state index is 0.434. The summed E-state index contributed by atoms with van der Waals surface area (Å²) < 4.78 is 5.35. The number of benzene rings is 1. The summed E-state index contributed by atoms with van der Waals surface area (Å²) in [6.07, 6.45) is 7.61. The number of ether oxygens (including phenoxy) is 1. The van der Waals surface area contributed by atoms with Crippen LogP contribution in [0.3, 0.4) is 0 Å². The highest BCUT2D eigenvalue weighted by Gasteiger charge is 2.40. The van der Waals surface area contributed by atoms with Crippen molar-refractivity contribution in [3.8, 4) is 12.3 Å². The van der Waals surface area contributed by atoms with Crippen LogP contribution in [0.5, 0.6) is 0 Å². The summed E-state index contributed by atoms with van der Waals surface area (Å²) in [6.45, 7) is 0. The van der Waals surface area contributed by atoms with Crippen molar-refractivity contribution in [3.05, 3.63) is 35.9 Å². The fourth-order valence-corrected chi connectivity index (χ4v) is 2.22. The smallest absolute Gasteiger partial charge is 0.338 e. The van der Waals surface area contributed by atoms with E-state index in [2.05, 4.69) is 5.92 Å². The van der Waals surface area contributed by atoms with E-state index in [0.717, 1.165) is 12.8 Å². The molecule has 1 aliphatic rings. The maximum absolute atomic E-state index is 11.9. The summed E-state index contributed by atoms with van der Waals surface area (Å²) in [5.74, 6) is 1.93. The molecule has 3 heteroatoms. The highest BCUT2D eigenvalue weighted by molar-refractivity contribution is 5.89. The quantitative estimate of drug-likeness (QED) is 0.640. The number of carbonyl (C=O) groups excluding carboxylic acids is 1. The summed E-state index contributed by atoms with van der Waals surface area (Å²) in [7, 11) is 0. The molecule has 2 rings (SSSR count). The second kappa shape index (κ2) is 5.24. The van der Waals surface area contributed by atoms with Crippen LogP contribution in [0.15, 0.2) is 30.3 Å². The van der Waals surface area contributed by atoms with Gasteiger partial charge in [-0.05, 0) is 37.8 Å². The Kier molecular flexibility index (Phi) is 3.69. The first kappa shape index (κ1) is 12.7. The maximum atomic E-state index is 11.9. The third-order valence-electron chi connectivity index (χ3n) is 3.32. The molecule has 2 atom stereocenters. The van der Waals surface area contributed by atoms with Crippen LogP contribution in [0.1, 0.15) is 36.0 Å². The molecule has 0 spiro atoms. The van der Waals surface area contributed by atoms with E-state index in [9.17, 15) is 9.90 Å². The molecule has 1 aromatic rings. The van der Waals surface area contributed by atoms with E-state index in [1.165, 1.54) is 0 Å². The number of hydrogen-bond donors (Lipinski definition) is 1. The van der Waals surface area contributed by atoms with Crippen LogP contribution in [0, 0.1) is 12.3 Å². The molecule has 0 heterocycles. The molecular formula is C15H16O3. The predicted octanol–water partition coefficient (Wildman–Crippen LogP) is 2.15. The lowest BCUT2D eigenvalue weighted by molar-refractivity contribution is -0.0728. The van der Waals surface area contributed by atoms with Crippen molar-refractivity contribution in [2.75, 3.05) is 0 Å². The van der Waals surface area contributed by atoms with Gasteiger partial charge >= 0.3 is 5.97 Å². The van der Waals surface area contributed by atoms with Crippen molar-refractivity contribution < 1.29 is 14.6 Å². The third-order valence-corrected chi connectivity index (χ3v) is 3.32. The summed E-state index contributed by atoms with van der Waals surface area (Å²) in [5.41, 5.74) is -0.842. The van der Waals surface area contributed by atoms with E-state index in [4.69, 9.17) is 11.2 Å². The molecule has 1 saturated carbocycles. The van der Waals surface area contributed by atoms with Crippen LogP contribution in [0.4, 0.5) is 0 Å². The van der Waals surface area contributed by atoms with Crippen molar-refractivity contribution in [2.24, 2.45) is 0 Å². The molecular weight excluding hydrogens is 228 g/mol. The fraction of sp³-hybridized carbons (Fsp3) is 0.400. The average Bonchev–Trinajstić information content (AvgIpc) is 2.42. The Morgan fingerprint density at radius 3 is 2.78 bits per heavy atom. The number of rotatable bonds is 2. The first-order valence-electron chi connectivity index (χ1n) is 6.12. The number of aliphatic hydroxyl groups is 1. The largest absolute Gasteiger partial charge is 0.455 e. The van der Waals surface area contributed by atoms with Crippen molar-refractivity contribution in [2.45, 2.75) is 37.4 Å². The molecule has 0 aromatic heterocycles. The number of carbonyl (C=O) groups is 1. The van der Waals surface area contributed by atoms with Crippen molar-refractivity contribution in [1.29, 1.82) is 0 Å². The first-order chi connectivity index (χ1) is 8.65. The van der Waals surface area contributed by atoms with Crippen molar-refractivity contribution >= 4 is 5.97 Å². The van der Waals surface area contributed by atoms with Crippen LogP contribution in [-0.2, 0) is 4.74 Å². The molecule has 18 heavy (non-hydrogen) atoms. The zero-order valence-electron chi connectivity index (χ0n) is 10.1. The van der Waals surface area contributed by atoms with E-state index in [1.807, 2.05) is 6.07 Å².